The van der Waals surface area contributed by atoms with Gasteiger partial charge in [0.15, 0.2) is 5.69 Å². The Morgan fingerprint density at radius 1 is 1.17 bits per heavy atom. The standard InChI is InChI=1S/C21H23N7O2/c1-14-4-7-18(28-23-9-10-24-28)20(25-14)21(29)27-12-15-5-6-17(27)11-16(15)13-30-19-3-2-8-22-26-19/h2-4,7-10,15-17H,5-6,11-13H2,1H3. The molecular weight excluding hydrogens is 382 g/mol. The van der Waals surface area contributed by atoms with Gasteiger partial charge in [0.1, 0.15) is 5.69 Å². The van der Waals surface area contributed by atoms with Gasteiger partial charge in [0.2, 0.25) is 5.88 Å². The molecule has 1 aliphatic carbocycles. The van der Waals surface area contributed by atoms with Crippen molar-refractivity contribution in [3.05, 3.63) is 54.2 Å². The number of aryl methyl sites for hydroxylation is 1. The Morgan fingerprint density at radius 2 is 2.03 bits per heavy atom. The number of rotatable bonds is 5. The molecule has 1 saturated carbocycles. The summed E-state index contributed by atoms with van der Waals surface area (Å²) in [4.78, 5) is 21.5. The van der Waals surface area contributed by atoms with Crippen molar-refractivity contribution in [3.8, 4) is 11.6 Å². The zero-order valence-corrected chi connectivity index (χ0v) is 16.8. The quantitative estimate of drug-likeness (QED) is 0.641. The molecule has 0 aromatic carbocycles. The lowest BCUT2D eigenvalue weighted by Crippen LogP contribution is -2.55. The molecule has 3 fully saturated rings. The van der Waals surface area contributed by atoms with Crippen molar-refractivity contribution < 1.29 is 9.53 Å². The molecule has 9 nitrogen and oxygen atoms in total. The largest absolute Gasteiger partial charge is 0.476 e. The lowest BCUT2D eigenvalue weighted by atomic mass is 9.72. The summed E-state index contributed by atoms with van der Waals surface area (Å²) in [6.45, 7) is 3.21. The molecule has 9 heteroatoms. The minimum Gasteiger partial charge on any atom is -0.476 e. The zero-order chi connectivity index (χ0) is 20.5. The van der Waals surface area contributed by atoms with Crippen LogP contribution in [-0.2, 0) is 0 Å². The van der Waals surface area contributed by atoms with Gasteiger partial charge in [-0.1, -0.05) is 0 Å². The highest BCUT2D eigenvalue weighted by Crippen LogP contribution is 2.40. The van der Waals surface area contributed by atoms with Crippen LogP contribution in [0.1, 0.15) is 35.4 Å². The molecule has 0 N–H and O–H groups in total. The molecule has 30 heavy (non-hydrogen) atoms. The number of hydrogen-bond acceptors (Lipinski definition) is 7. The Kier molecular flexibility index (Phi) is 4.86. The Bertz CT molecular complexity index is 1030. The van der Waals surface area contributed by atoms with Gasteiger partial charge in [0.05, 0.1) is 19.0 Å². The van der Waals surface area contributed by atoms with E-state index in [0.717, 1.165) is 31.5 Å². The molecule has 3 atom stereocenters. The van der Waals surface area contributed by atoms with Gasteiger partial charge in [-0.15, -0.1) is 9.90 Å². The third-order valence-corrected chi connectivity index (χ3v) is 6.09. The molecule has 6 rings (SSSR count). The fraction of sp³-hybridized carbons (Fsp3) is 0.429. The predicted molar refractivity (Wildman–Crippen MR) is 107 cm³/mol. The summed E-state index contributed by atoms with van der Waals surface area (Å²) in [6.07, 6.45) is 7.87. The van der Waals surface area contributed by atoms with E-state index in [2.05, 4.69) is 25.4 Å². The van der Waals surface area contributed by atoms with Gasteiger partial charge in [-0.2, -0.15) is 15.3 Å². The van der Waals surface area contributed by atoms with E-state index in [9.17, 15) is 4.79 Å². The number of piperidine rings is 2. The van der Waals surface area contributed by atoms with Crippen LogP contribution in [0.15, 0.2) is 42.9 Å². The number of nitrogens with zero attached hydrogens (tertiary/aromatic N) is 7. The molecule has 2 saturated heterocycles. The fourth-order valence-corrected chi connectivity index (χ4v) is 4.58. The van der Waals surface area contributed by atoms with Crippen LogP contribution in [0.2, 0.25) is 0 Å². The number of fused-ring (bicyclic) bond motifs is 3. The van der Waals surface area contributed by atoms with E-state index >= 15 is 0 Å². The van der Waals surface area contributed by atoms with Crippen LogP contribution in [0.5, 0.6) is 5.88 Å². The monoisotopic (exact) mass is 405 g/mol. The Morgan fingerprint density at radius 3 is 2.77 bits per heavy atom. The van der Waals surface area contributed by atoms with Crippen LogP contribution >= 0.6 is 0 Å². The maximum Gasteiger partial charge on any atom is 0.275 e. The van der Waals surface area contributed by atoms with Crippen LogP contribution in [-0.4, -0.2) is 60.2 Å². The SMILES string of the molecule is Cc1ccc(-n2nccn2)c(C(=O)N2CC3CCC2CC3COc2cccnn2)n1. The van der Waals surface area contributed by atoms with Crippen molar-refractivity contribution in [1.29, 1.82) is 0 Å². The number of ether oxygens (including phenoxy) is 1. The molecule has 3 aromatic heterocycles. The van der Waals surface area contributed by atoms with Gasteiger partial charge in [0, 0.05) is 30.5 Å². The molecular formula is C21H23N7O2. The van der Waals surface area contributed by atoms with Gasteiger partial charge in [-0.05, 0) is 56.2 Å². The lowest BCUT2D eigenvalue weighted by molar-refractivity contribution is -0.00518. The number of carbonyl (C=O) groups excluding carboxylic acids is 1. The lowest BCUT2D eigenvalue weighted by Gasteiger charge is -2.49. The Labute approximate surface area is 174 Å². The molecule has 154 valence electrons. The summed E-state index contributed by atoms with van der Waals surface area (Å²) in [5.41, 5.74) is 1.82. The summed E-state index contributed by atoms with van der Waals surface area (Å²) in [6, 6.07) is 7.56. The van der Waals surface area contributed by atoms with Crippen molar-refractivity contribution in [2.24, 2.45) is 11.8 Å². The molecule has 2 aliphatic heterocycles. The average molecular weight is 405 g/mol. The average Bonchev–Trinajstić information content (AvgIpc) is 3.33. The van der Waals surface area contributed by atoms with E-state index in [1.807, 2.05) is 36.1 Å². The van der Waals surface area contributed by atoms with E-state index in [-0.39, 0.29) is 11.9 Å². The second kappa shape index (κ2) is 7.81. The summed E-state index contributed by atoms with van der Waals surface area (Å²) in [5.74, 6) is 1.32. The van der Waals surface area contributed by atoms with Crippen molar-refractivity contribution in [3.63, 3.8) is 0 Å². The Balaban J connectivity index is 1.32. The minimum absolute atomic E-state index is 0.0472. The van der Waals surface area contributed by atoms with E-state index in [4.69, 9.17) is 4.74 Å². The topological polar surface area (TPSA) is 98.9 Å². The first kappa shape index (κ1) is 18.7. The van der Waals surface area contributed by atoms with Crippen molar-refractivity contribution in [2.75, 3.05) is 13.2 Å². The van der Waals surface area contributed by atoms with Crippen LogP contribution in [0.4, 0.5) is 0 Å². The molecule has 3 unspecified atom stereocenters. The summed E-state index contributed by atoms with van der Waals surface area (Å²) in [5, 5.41) is 16.2. The van der Waals surface area contributed by atoms with E-state index in [1.165, 1.54) is 4.80 Å². The third-order valence-electron chi connectivity index (χ3n) is 6.09. The van der Waals surface area contributed by atoms with Crippen LogP contribution in [0.25, 0.3) is 5.69 Å². The maximum atomic E-state index is 13.5. The molecule has 3 aliphatic rings. The Hall–Kier alpha value is -3.36. The maximum absolute atomic E-state index is 13.5. The van der Waals surface area contributed by atoms with Gasteiger partial charge in [-0.3, -0.25) is 4.79 Å². The first-order valence-electron chi connectivity index (χ1n) is 10.2. The first-order chi connectivity index (χ1) is 14.7. The van der Waals surface area contributed by atoms with Gasteiger partial charge >= 0.3 is 0 Å². The van der Waals surface area contributed by atoms with Crippen molar-refractivity contribution in [2.45, 2.75) is 32.2 Å². The predicted octanol–water partition coefficient (Wildman–Crippen LogP) is 2.08. The first-order valence-corrected chi connectivity index (χ1v) is 10.2. The van der Waals surface area contributed by atoms with E-state index in [1.54, 1.807) is 18.6 Å². The minimum atomic E-state index is -0.0472. The van der Waals surface area contributed by atoms with E-state index in [0.29, 0.717) is 35.7 Å². The number of amides is 1. The third kappa shape index (κ3) is 3.51. The molecule has 2 bridgehead atoms. The molecule has 5 heterocycles. The smallest absolute Gasteiger partial charge is 0.275 e. The number of pyridine rings is 1. The second-order valence-corrected chi connectivity index (χ2v) is 7.96. The highest BCUT2D eigenvalue weighted by Gasteiger charge is 2.43. The van der Waals surface area contributed by atoms with Gasteiger partial charge in [-0.25, -0.2) is 4.98 Å². The normalized spacial score (nSPS) is 22.8. The molecule has 0 radical (unpaired) electrons. The van der Waals surface area contributed by atoms with Crippen LogP contribution in [0.3, 0.4) is 0 Å². The second-order valence-electron chi connectivity index (χ2n) is 7.96. The number of carbonyl (C=O) groups is 1. The molecule has 1 amide bonds. The van der Waals surface area contributed by atoms with Crippen molar-refractivity contribution >= 4 is 5.91 Å². The highest BCUT2D eigenvalue weighted by molar-refractivity contribution is 5.96. The van der Waals surface area contributed by atoms with Gasteiger partial charge in [0.25, 0.3) is 5.91 Å². The zero-order valence-electron chi connectivity index (χ0n) is 16.8. The van der Waals surface area contributed by atoms with Gasteiger partial charge < -0.3 is 9.64 Å². The molecule has 3 aromatic rings. The number of hydrogen-bond donors (Lipinski definition) is 0. The molecule has 0 spiro atoms. The van der Waals surface area contributed by atoms with Crippen molar-refractivity contribution in [1.82, 2.24) is 35.1 Å². The van der Waals surface area contributed by atoms with E-state index < -0.39 is 0 Å². The fourth-order valence-electron chi connectivity index (χ4n) is 4.58. The van der Waals surface area contributed by atoms with Crippen LogP contribution in [0, 0.1) is 18.8 Å². The number of aromatic nitrogens is 6. The summed E-state index contributed by atoms with van der Waals surface area (Å²) < 4.78 is 5.85. The van der Waals surface area contributed by atoms with Crippen LogP contribution < -0.4 is 4.74 Å². The summed E-state index contributed by atoms with van der Waals surface area (Å²) >= 11 is 0. The highest BCUT2D eigenvalue weighted by atomic mass is 16.5. The summed E-state index contributed by atoms with van der Waals surface area (Å²) in [7, 11) is 0.